The Hall–Kier alpha value is -5.23. The summed E-state index contributed by atoms with van der Waals surface area (Å²) in [6.07, 6.45) is 11.8. The molecule has 0 bridgehead atoms. The number of nitrogens with two attached hydrogens (primary N) is 2. The first-order chi connectivity index (χ1) is 18.4. The van der Waals surface area contributed by atoms with Gasteiger partial charge in [0.15, 0.2) is 11.5 Å². The number of carbonyl (C=O) groups excluding carboxylic acids is 1. The number of hydrogen-bond donors (Lipinski definition) is 3. The van der Waals surface area contributed by atoms with Crippen LogP contribution in [0, 0.1) is 5.92 Å². The Morgan fingerprint density at radius 1 is 1.00 bits per heavy atom. The van der Waals surface area contributed by atoms with Gasteiger partial charge < -0.3 is 5.84 Å². The zero-order valence-electron chi connectivity index (χ0n) is 20.6. The minimum absolute atomic E-state index is 0.211. The number of H-pyrrole nitrogens is 1. The van der Waals surface area contributed by atoms with E-state index in [9.17, 15) is 4.79 Å². The van der Waals surface area contributed by atoms with E-state index in [0.717, 1.165) is 27.3 Å². The molecule has 6 aromatic heterocycles. The summed E-state index contributed by atoms with van der Waals surface area (Å²) in [6.45, 7) is 3.58. The van der Waals surface area contributed by atoms with Gasteiger partial charge in [0.1, 0.15) is 16.7 Å². The average molecular weight is 506 g/mol. The molecule has 0 atom stereocenters. The lowest BCUT2D eigenvalue weighted by atomic mass is 10.1. The second kappa shape index (κ2) is 9.01. The van der Waals surface area contributed by atoms with Gasteiger partial charge in [0.25, 0.3) is 0 Å². The third kappa shape index (κ3) is 3.79. The number of anilines is 1. The molecular weight excluding hydrogens is 482 g/mol. The van der Waals surface area contributed by atoms with Gasteiger partial charge in [-0.25, -0.2) is 25.5 Å². The van der Waals surface area contributed by atoms with Crippen LogP contribution in [0.4, 0.5) is 5.69 Å². The van der Waals surface area contributed by atoms with Crippen molar-refractivity contribution in [2.45, 2.75) is 13.8 Å². The molecule has 12 heteroatoms. The quantitative estimate of drug-likeness (QED) is 0.181. The van der Waals surface area contributed by atoms with Crippen molar-refractivity contribution in [3.63, 3.8) is 0 Å². The van der Waals surface area contributed by atoms with Crippen LogP contribution in [0.25, 0.3) is 55.8 Å². The van der Waals surface area contributed by atoms with Crippen LogP contribution in [0.3, 0.4) is 0 Å². The summed E-state index contributed by atoms with van der Waals surface area (Å²) in [5.41, 5.74) is 6.12. The number of amides is 1. The molecule has 188 valence electrons. The Morgan fingerprint density at radius 3 is 2.58 bits per heavy atom. The van der Waals surface area contributed by atoms with Gasteiger partial charge >= 0.3 is 0 Å². The summed E-state index contributed by atoms with van der Waals surface area (Å²) in [5, 5.41) is 9.21. The summed E-state index contributed by atoms with van der Waals surface area (Å²) >= 11 is 0. The smallest absolute Gasteiger partial charge is 0.243 e. The van der Waals surface area contributed by atoms with Crippen molar-refractivity contribution in [2.75, 3.05) is 10.9 Å². The highest BCUT2D eigenvalue weighted by Crippen LogP contribution is 2.33. The average Bonchev–Trinajstić information content (AvgIpc) is 3.52. The number of imidazole rings is 1. The third-order valence-corrected chi connectivity index (χ3v) is 6.28. The van der Waals surface area contributed by atoms with E-state index in [1.165, 1.54) is 4.68 Å². The maximum Gasteiger partial charge on any atom is 0.243 e. The molecule has 0 unspecified atom stereocenters. The number of pyridine rings is 4. The lowest BCUT2D eigenvalue weighted by Crippen LogP contribution is -2.40. The van der Waals surface area contributed by atoms with Gasteiger partial charge in [0.2, 0.25) is 5.91 Å². The summed E-state index contributed by atoms with van der Waals surface area (Å²) in [5.74, 6) is 12.6. The molecule has 1 amide bonds. The van der Waals surface area contributed by atoms with Crippen LogP contribution in [-0.2, 0) is 4.79 Å². The number of hydrazine groups is 1. The Balaban J connectivity index is 1.45. The third-order valence-electron chi connectivity index (χ3n) is 6.28. The van der Waals surface area contributed by atoms with Crippen LogP contribution in [0.1, 0.15) is 13.8 Å². The Morgan fingerprint density at radius 2 is 1.79 bits per heavy atom. The number of nitrogens with zero attached hydrogens (tertiary/aromatic N) is 8. The molecule has 6 rings (SSSR count). The van der Waals surface area contributed by atoms with E-state index in [0.29, 0.717) is 39.3 Å². The molecule has 0 aliphatic rings. The van der Waals surface area contributed by atoms with Crippen LogP contribution >= 0.6 is 0 Å². The fourth-order valence-corrected chi connectivity index (χ4v) is 4.27. The van der Waals surface area contributed by atoms with Gasteiger partial charge in [-0.2, -0.15) is 5.10 Å². The van der Waals surface area contributed by atoms with E-state index >= 15 is 0 Å². The normalized spacial score (nSPS) is 11.5. The topological polar surface area (TPSA) is 170 Å². The number of carbonyl (C=O) groups is 1. The lowest BCUT2D eigenvalue weighted by molar-refractivity contribution is -0.121. The molecule has 0 saturated heterocycles. The van der Waals surface area contributed by atoms with Crippen LogP contribution in [0.15, 0.2) is 67.6 Å². The van der Waals surface area contributed by atoms with Crippen molar-refractivity contribution in [3.05, 3.63) is 67.6 Å². The van der Waals surface area contributed by atoms with Gasteiger partial charge in [0, 0.05) is 59.2 Å². The minimum atomic E-state index is -0.250. The molecule has 0 radical (unpaired) electrons. The fraction of sp³-hybridized carbons (Fsp3) is 0.115. The Kier molecular flexibility index (Phi) is 5.50. The lowest BCUT2D eigenvalue weighted by Gasteiger charge is -2.19. The fourth-order valence-electron chi connectivity index (χ4n) is 4.27. The predicted molar refractivity (Wildman–Crippen MR) is 144 cm³/mol. The number of fused-ring (bicyclic) bond motifs is 2. The summed E-state index contributed by atoms with van der Waals surface area (Å²) in [7, 11) is 0. The van der Waals surface area contributed by atoms with Gasteiger partial charge in [-0.3, -0.25) is 24.8 Å². The highest BCUT2D eigenvalue weighted by atomic mass is 16.2. The van der Waals surface area contributed by atoms with Crippen molar-refractivity contribution in [1.82, 2.24) is 39.8 Å². The number of aromatic nitrogens is 8. The summed E-state index contributed by atoms with van der Waals surface area (Å²) in [6, 6.07) is 7.52. The number of hydrogen-bond acceptors (Lipinski definition) is 9. The molecule has 38 heavy (non-hydrogen) atoms. The number of aromatic amines is 1. The van der Waals surface area contributed by atoms with Crippen molar-refractivity contribution >= 4 is 33.7 Å². The second-order valence-electron chi connectivity index (χ2n) is 9.09. The summed E-state index contributed by atoms with van der Waals surface area (Å²) in [4.78, 5) is 34.6. The number of nitrogens with one attached hydrogen (secondary N) is 1. The molecule has 0 fully saturated rings. The highest BCUT2D eigenvalue weighted by Gasteiger charge is 2.20. The second-order valence-corrected chi connectivity index (χ2v) is 9.09. The number of nitrogen functional groups attached to an aromatic ring is 1. The first-order valence-corrected chi connectivity index (χ1v) is 11.8. The van der Waals surface area contributed by atoms with E-state index in [4.69, 9.17) is 16.7 Å². The van der Waals surface area contributed by atoms with Crippen molar-refractivity contribution in [1.29, 1.82) is 0 Å². The largest absolute Gasteiger partial charge is 0.337 e. The predicted octanol–water partition coefficient (Wildman–Crippen LogP) is 3.07. The zero-order chi connectivity index (χ0) is 26.4. The van der Waals surface area contributed by atoms with E-state index < -0.39 is 0 Å². The zero-order valence-corrected chi connectivity index (χ0v) is 20.6. The first-order valence-electron chi connectivity index (χ1n) is 11.8. The van der Waals surface area contributed by atoms with Crippen LogP contribution < -0.4 is 16.7 Å². The molecule has 0 aromatic carbocycles. The number of rotatable bonds is 5. The van der Waals surface area contributed by atoms with Crippen molar-refractivity contribution in [3.8, 4) is 33.8 Å². The van der Waals surface area contributed by atoms with Gasteiger partial charge in [-0.15, -0.1) is 0 Å². The van der Waals surface area contributed by atoms with Crippen LogP contribution in [-0.4, -0.2) is 45.7 Å². The molecule has 6 heterocycles. The van der Waals surface area contributed by atoms with Crippen LogP contribution in [0.5, 0.6) is 0 Å². The molecule has 0 aliphatic carbocycles. The molecule has 5 N–H and O–H groups in total. The summed E-state index contributed by atoms with van der Waals surface area (Å²) < 4.78 is 1.48. The van der Waals surface area contributed by atoms with Gasteiger partial charge in [0.05, 0.1) is 23.5 Å². The van der Waals surface area contributed by atoms with Crippen LogP contribution in [0.2, 0.25) is 0 Å². The molecular formula is C26H23N11O. The van der Waals surface area contributed by atoms with E-state index in [1.807, 2.05) is 18.2 Å². The first kappa shape index (κ1) is 23.2. The van der Waals surface area contributed by atoms with Crippen molar-refractivity contribution < 1.29 is 4.79 Å². The van der Waals surface area contributed by atoms with E-state index in [-0.39, 0.29) is 11.8 Å². The molecule has 6 aromatic rings. The molecule has 12 nitrogen and oxygen atoms in total. The molecule has 0 saturated carbocycles. The van der Waals surface area contributed by atoms with Gasteiger partial charge in [-0.1, -0.05) is 19.9 Å². The Bertz CT molecular complexity index is 1810. The minimum Gasteiger partial charge on any atom is -0.337 e. The molecule has 0 spiro atoms. The standard InChI is InChI=1S/C26H23N11O/c1-14(2)26(38)36(27)18-6-16(9-30-11-18)17-7-19-23(34-35-24(19)32-10-17)25-33-22-20(15-4-3-5-29-8-15)12-31-13-21(22)37(25)28/h3-14H,27-28H2,1-2H3,(H,32,34,35). The van der Waals surface area contributed by atoms with E-state index in [2.05, 4.69) is 30.1 Å². The van der Waals surface area contributed by atoms with E-state index in [1.54, 1.807) is 63.3 Å². The van der Waals surface area contributed by atoms with Crippen molar-refractivity contribution in [2.24, 2.45) is 11.8 Å². The highest BCUT2D eigenvalue weighted by molar-refractivity contribution is 5.98. The molecule has 0 aliphatic heterocycles. The Labute approximate surface area is 216 Å². The SMILES string of the molecule is CC(C)C(=O)N(N)c1cncc(-c2cnc3n[nH]c(-c4nc5c(-c6cccnc6)cncc5n4N)c3c2)c1. The maximum atomic E-state index is 12.4. The maximum absolute atomic E-state index is 12.4. The van der Waals surface area contributed by atoms with Gasteiger partial charge in [-0.05, 0) is 18.2 Å². The monoisotopic (exact) mass is 505 g/mol.